The summed E-state index contributed by atoms with van der Waals surface area (Å²) in [5, 5.41) is 3.46. The van der Waals surface area contributed by atoms with Crippen molar-refractivity contribution < 1.29 is 4.79 Å². The van der Waals surface area contributed by atoms with Crippen LogP contribution in [0.15, 0.2) is 30.5 Å². The second-order valence-electron chi connectivity index (χ2n) is 5.96. The van der Waals surface area contributed by atoms with Gasteiger partial charge in [-0.05, 0) is 25.0 Å². The molecule has 1 aliphatic heterocycles. The Morgan fingerprint density at radius 3 is 2.92 bits per heavy atom. The summed E-state index contributed by atoms with van der Waals surface area (Å²) in [5.74, 6) is 1.65. The van der Waals surface area contributed by atoms with Crippen molar-refractivity contribution in [3.63, 3.8) is 0 Å². The van der Waals surface area contributed by atoms with E-state index in [1.165, 1.54) is 0 Å². The number of aryl methyl sites for hydroxylation is 1. The number of nitrogens with zero attached hydrogens (tertiary/aromatic N) is 4. The highest BCUT2D eigenvalue weighted by Gasteiger charge is 2.25. The second-order valence-corrected chi connectivity index (χ2v) is 5.96. The van der Waals surface area contributed by atoms with Crippen LogP contribution in [0.4, 0.5) is 5.82 Å². The maximum Gasteiger partial charge on any atom is 0.222 e. The van der Waals surface area contributed by atoms with Crippen LogP contribution < -0.4 is 5.32 Å². The van der Waals surface area contributed by atoms with Crippen molar-refractivity contribution >= 4 is 11.7 Å². The van der Waals surface area contributed by atoms with Gasteiger partial charge < -0.3 is 10.2 Å². The van der Waals surface area contributed by atoms with Gasteiger partial charge in [0.25, 0.3) is 0 Å². The third kappa shape index (κ3) is 3.69. The van der Waals surface area contributed by atoms with Crippen LogP contribution in [-0.4, -0.2) is 44.9 Å². The maximum atomic E-state index is 11.8. The van der Waals surface area contributed by atoms with Crippen molar-refractivity contribution in [1.82, 2.24) is 19.9 Å². The number of aromatic nitrogens is 3. The van der Waals surface area contributed by atoms with E-state index in [9.17, 15) is 4.79 Å². The topological polar surface area (TPSA) is 71.0 Å². The first-order chi connectivity index (χ1) is 11.7. The van der Waals surface area contributed by atoms with E-state index in [0.717, 1.165) is 43.1 Å². The van der Waals surface area contributed by atoms with Gasteiger partial charge in [0.05, 0.1) is 0 Å². The number of nitrogens with one attached hydrogen (secondary N) is 1. The van der Waals surface area contributed by atoms with Gasteiger partial charge in [-0.3, -0.25) is 9.78 Å². The van der Waals surface area contributed by atoms with Crippen LogP contribution in [0.1, 0.15) is 32.4 Å². The van der Waals surface area contributed by atoms with Gasteiger partial charge in [0.15, 0.2) is 5.82 Å². The minimum absolute atomic E-state index is 0.213. The lowest BCUT2D eigenvalue weighted by Gasteiger charge is -2.17. The molecule has 1 aliphatic rings. The lowest BCUT2D eigenvalue weighted by atomic mass is 10.2. The molecule has 3 heterocycles. The molecule has 0 aromatic carbocycles. The minimum Gasteiger partial charge on any atom is -0.365 e. The second kappa shape index (κ2) is 7.38. The fourth-order valence-corrected chi connectivity index (χ4v) is 2.90. The van der Waals surface area contributed by atoms with E-state index < -0.39 is 0 Å². The van der Waals surface area contributed by atoms with E-state index in [-0.39, 0.29) is 11.9 Å². The van der Waals surface area contributed by atoms with Gasteiger partial charge in [-0.1, -0.05) is 19.9 Å². The summed E-state index contributed by atoms with van der Waals surface area (Å²) in [5.41, 5.74) is 1.75. The summed E-state index contributed by atoms with van der Waals surface area (Å²) >= 11 is 0. The molecule has 2 aromatic rings. The summed E-state index contributed by atoms with van der Waals surface area (Å²) in [4.78, 5) is 27.3. The van der Waals surface area contributed by atoms with Crippen LogP contribution in [0.2, 0.25) is 0 Å². The average molecular weight is 325 g/mol. The van der Waals surface area contributed by atoms with Crippen LogP contribution >= 0.6 is 0 Å². The quantitative estimate of drug-likeness (QED) is 0.914. The van der Waals surface area contributed by atoms with Crippen LogP contribution in [0.3, 0.4) is 0 Å². The van der Waals surface area contributed by atoms with E-state index in [0.29, 0.717) is 12.2 Å². The van der Waals surface area contributed by atoms with Crippen molar-refractivity contribution in [2.45, 2.75) is 39.2 Å². The molecule has 0 aliphatic carbocycles. The predicted octanol–water partition coefficient (Wildman–Crippen LogP) is 2.52. The fourth-order valence-electron chi connectivity index (χ4n) is 2.90. The smallest absolute Gasteiger partial charge is 0.222 e. The van der Waals surface area contributed by atoms with E-state index >= 15 is 0 Å². The molecule has 1 atom stereocenters. The number of hydrogen-bond acceptors (Lipinski definition) is 5. The molecule has 1 fully saturated rings. The van der Waals surface area contributed by atoms with E-state index in [4.69, 9.17) is 0 Å². The molecule has 1 saturated heterocycles. The number of anilines is 1. The van der Waals surface area contributed by atoms with Gasteiger partial charge in [0.2, 0.25) is 5.91 Å². The predicted molar refractivity (Wildman–Crippen MR) is 93.5 cm³/mol. The molecule has 0 saturated carbocycles. The number of hydrogen-bond donors (Lipinski definition) is 1. The Morgan fingerprint density at radius 2 is 2.21 bits per heavy atom. The molecule has 2 aromatic heterocycles. The number of rotatable bonds is 5. The summed E-state index contributed by atoms with van der Waals surface area (Å²) in [6, 6.07) is 7.94. The molecule has 1 amide bonds. The molecule has 1 unspecified atom stereocenters. The van der Waals surface area contributed by atoms with Crippen molar-refractivity contribution in [3.8, 4) is 11.5 Å². The first-order valence-electron chi connectivity index (χ1n) is 8.53. The first-order valence-corrected chi connectivity index (χ1v) is 8.53. The van der Waals surface area contributed by atoms with Crippen molar-refractivity contribution in [2.24, 2.45) is 0 Å². The highest BCUT2D eigenvalue weighted by molar-refractivity contribution is 5.76. The monoisotopic (exact) mass is 325 g/mol. The molecule has 3 rings (SSSR count). The van der Waals surface area contributed by atoms with E-state index in [1.54, 1.807) is 6.20 Å². The minimum atomic E-state index is 0.213. The third-order valence-corrected chi connectivity index (χ3v) is 4.23. The SMILES string of the molecule is CCC(=O)N1CCC(Nc2cc(CC)nc(-c3ccccn3)n2)C1. The Kier molecular flexibility index (Phi) is 5.03. The van der Waals surface area contributed by atoms with Gasteiger partial charge in [0, 0.05) is 43.5 Å². The largest absolute Gasteiger partial charge is 0.365 e. The molecule has 6 nitrogen and oxygen atoms in total. The molecule has 126 valence electrons. The molecular formula is C18H23N5O. The zero-order chi connectivity index (χ0) is 16.9. The highest BCUT2D eigenvalue weighted by Crippen LogP contribution is 2.19. The van der Waals surface area contributed by atoms with E-state index in [2.05, 4.69) is 27.2 Å². The van der Waals surface area contributed by atoms with Gasteiger partial charge >= 0.3 is 0 Å². The molecular weight excluding hydrogens is 302 g/mol. The zero-order valence-electron chi connectivity index (χ0n) is 14.2. The fraction of sp³-hybridized carbons (Fsp3) is 0.444. The van der Waals surface area contributed by atoms with Gasteiger partial charge in [-0.15, -0.1) is 0 Å². The molecule has 24 heavy (non-hydrogen) atoms. The lowest BCUT2D eigenvalue weighted by molar-refractivity contribution is -0.129. The number of carbonyl (C=O) groups is 1. The average Bonchev–Trinajstić information content (AvgIpc) is 3.10. The standard InChI is InChI=1S/C18H23N5O/c1-3-13-11-16(20-14-8-10-23(12-14)17(24)4-2)22-18(21-13)15-7-5-6-9-19-15/h5-7,9,11,14H,3-4,8,10,12H2,1-2H3,(H,20,21,22). The summed E-state index contributed by atoms with van der Waals surface area (Å²) in [7, 11) is 0. The highest BCUT2D eigenvalue weighted by atomic mass is 16.2. The summed E-state index contributed by atoms with van der Waals surface area (Å²) < 4.78 is 0. The van der Waals surface area contributed by atoms with Gasteiger partial charge in [-0.2, -0.15) is 0 Å². The van der Waals surface area contributed by atoms with Crippen molar-refractivity contribution in [2.75, 3.05) is 18.4 Å². The van der Waals surface area contributed by atoms with Gasteiger partial charge in [-0.25, -0.2) is 9.97 Å². The van der Waals surface area contributed by atoms with Crippen LogP contribution in [0, 0.1) is 0 Å². The Balaban J connectivity index is 1.77. The number of likely N-dealkylation sites (tertiary alicyclic amines) is 1. The van der Waals surface area contributed by atoms with Gasteiger partial charge in [0.1, 0.15) is 11.5 Å². The molecule has 0 spiro atoms. The lowest BCUT2D eigenvalue weighted by Crippen LogP contribution is -2.31. The molecule has 0 radical (unpaired) electrons. The van der Waals surface area contributed by atoms with Crippen molar-refractivity contribution in [1.29, 1.82) is 0 Å². The molecule has 0 bridgehead atoms. The Bertz CT molecular complexity index is 704. The number of pyridine rings is 1. The number of amides is 1. The molecule has 6 heteroatoms. The molecule has 1 N–H and O–H groups in total. The van der Waals surface area contributed by atoms with Crippen molar-refractivity contribution in [3.05, 3.63) is 36.2 Å². The summed E-state index contributed by atoms with van der Waals surface area (Å²) in [6.45, 7) is 5.52. The number of carbonyl (C=O) groups excluding carboxylic acids is 1. The van der Waals surface area contributed by atoms with Crippen LogP contribution in [0.25, 0.3) is 11.5 Å². The Morgan fingerprint density at radius 1 is 1.33 bits per heavy atom. The third-order valence-electron chi connectivity index (χ3n) is 4.23. The zero-order valence-corrected chi connectivity index (χ0v) is 14.2. The normalized spacial score (nSPS) is 17.1. The maximum absolute atomic E-state index is 11.8. The Hall–Kier alpha value is -2.50. The summed E-state index contributed by atoms with van der Waals surface area (Å²) in [6.07, 6.45) is 4.08. The van der Waals surface area contributed by atoms with E-state index in [1.807, 2.05) is 36.1 Å². The first kappa shape index (κ1) is 16.4. The van der Waals surface area contributed by atoms with Crippen LogP contribution in [0.5, 0.6) is 0 Å². The van der Waals surface area contributed by atoms with Crippen LogP contribution in [-0.2, 0) is 11.2 Å². The Labute approximate surface area is 142 Å².